The van der Waals surface area contributed by atoms with E-state index in [1.165, 1.54) is 12.8 Å². The highest BCUT2D eigenvalue weighted by atomic mass is 16.6. The quantitative estimate of drug-likeness (QED) is 0.791. The van der Waals surface area contributed by atoms with Crippen molar-refractivity contribution in [2.75, 3.05) is 18.5 Å². The van der Waals surface area contributed by atoms with Gasteiger partial charge in [-0.25, -0.2) is 4.79 Å². The third-order valence-corrected chi connectivity index (χ3v) is 2.84. The van der Waals surface area contributed by atoms with Gasteiger partial charge in [0.05, 0.1) is 6.54 Å². The minimum atomic E-state index is -0.477. The predicted octanol–water partition coefficient (Wildman–Crippen LogP) is 3.16. The SMILES string of the molecule is CC(C)(C)OC(=O)NCCOc1ccc(NC2CC2)cc1. The minimum Gasteiger partial charge on any atom is -0.492 e. The fourth-order valence-electron chi connectivity index (χ4n) is 1.75. The molecule has 1 fully saturated rings. The Hall–Kier alpha value is -1.91. The summed E-state index contributed by atoms with van der Waals surface area (Å²) in [7, 11) is 0. The molecule has 1 aromatic rings. The Morgan fingerprint density at radius 1 is 1.24 bits per heavy atom. The first-order valence-electron chi connectivity index (χ1n) is 7.39. The molecule has 1 aliphatic rings. The van der Waals surface area contributed by atoms with Gasteiger partial charge >= 0.3 is 6.09 Å². The molecule has 0 unspecified atom stereocenters. The van der Waals surface area contributed by atoms with Crippen LogP contribution in [0.3, 0.4) is 0 Å². The van der Waals surface area contributed by atoms with Crippen molar-refractivity contribution in [2.45, 2.75) is 45.3 Å². The van der Waals surface area contributed by atoms with Crippen LogP contribution in [0.25, 0.3) is 0 Å². The number of carbonyl (C=O) groups is 1. The zero-order chi connectivity index (χ0) is 15.3. The Kier molecular flexibility index (Phi) is 4.94. The molecule has 2 N–H and O–H groups in total. The Balaban J connectivity index is 1.62. The molecule has 1 amide bonds. The first-order chi connectivity index (χ1) is 9.92. The molecule has 2 rings (SSSR count). The summed E-state index contributed by atoms with van der Waals surface area (Å²) in [6.07, 6.45) is 2.10. The molecule has 5 nitrogen and oxygen atoms in total. The molecular weight excluding hydrogens is 268 g/mol. The topological polar surface area (TPSA) is 59.6 Å². The number of benzene rings is 1. The summed E-state index contributed by atoms with van der Waals surface area (Å²) in [6, 6.07) is 8.52. The second-order valence-corrected chi connectivity index (χ2v) is 6.22. The first kappa shape index (κ1) is 15.5. The monoisotopic (exact) mass is 292 g/mol. The molecule has 0 aliphatic heterocycles. The molecule has 0 bridgehead atoms. The summed E-state index contributed by atoms with van der Waals surface area (Å²) >= 11 is 0. The van der Waals surface area contributed by atoms with Crippen LogP contribution in [0.5, 0.6) is 5.75 Å². The maximum absolute atomic E-state index is 11.4. The highest BCUT2D eigenvalue weighted by Crippen LogP contribution is 2.25. The minimum absolute atomic E-state index is 0.411. The van der Waals surface area contributed by atoms with Gasteiger partial charge < -0.3 is 20.1 Å². The molecule has 0 radical (unpaired) electrons. The largest absolute Gasteiger partial charge is 0.492 e. The van der Waals surface area contributed by atoms with E-state index in [1.54, 1.807) is 0 Å². The standard InChI is InChI=1S/C16H24N2O3/c1-16(2,3)21-15(19)17-10-11-20-14-8-6-13(7-9-14)18-12-4-5-12/h6-9,12,18H,4-5,10-11H2,1-3H3,(H,17,19). The Bertz CT molecular complexity index is 461. The van der Waals surface area contributed by atoms with Crippen molar-refractivity contribution < 1.29 is 14.3 Å². The lowest BCUT2D eigenvalue weighted by atomic mass is 10.2. The molecule has 0 aromatic heterocycles. The average molecular weight is 292 g/mol. The van der Waals surface area contributed by atoms with Crippen LogP contribution in [0.1, 0.15) is 33.6 Å². The van der Waals surface area contributed by atoms with Crippen LogP contribution in [0.2, 0.25) is 0 Å². The summed E-state index contributed by atoms with van der Waals surface area (Å²) in [5.74, 6) is 0.794. The van der Waals surface area contributed by atoms with Gasteiger partial charge in [0.25, 0.3) is 0 Å². The maximum atomic E-state index is 11.4. The predicted molar refractivity (Wildman–Crippen MR) is 82.8 cm³/mol. The highest BCUT2D eigenvalue weighted by Gasteiger charge is 2.20. The van der Waals surface area contributed by atoms with Crippen LogP contribution in [-0.2, 0) is 4.74 Å². The van der Waals surface area contributed by atoms with Gasteiger partial charge in [0.15, 0.2) is 0 Å². The normalized spacial score (nSPS) is 14.4. The van der Waals surface area contributed by atoms with E-state index in [4.69, 9.17) is 9.47 Å². The van der Waals surface area contributed by atoms with Crippen LogP contribution in [0, 0.1) is 0 Å². The van der Waals surface area contributed by atoms with Crippen LogP contribution in [-0.4, -0.2) is 30.9 Å². The van der Waals surface area contributed by atoms with Crippen LogP contribution in [0.15, 0.2) is 24.3 Å². The summed E-state index contributed by atoms with van der Waals surface area (Å²) < 4.78 is 10.7. The summed E-state index contributed by atoms with van der Waals surface area (Å²) in [5, 5.41) is 6.07. The third kappa shape index (κ3) is 6.38. The van der Waals surface area contributed by atoms with E-state index in [1.807, 2.05) is 45.0 Å². The molecule has 0 atom stereocenters. The zero-order valence-electron chi connectivity index (χ0n) is 12.9. The molecule has 0 saturated heterocycles. The molecule has 1 aromatic carbocycles. The van der Waals surface area contributed by atoms with Crippen molar-refractivity contribution in [2.24, 2.45) is 0 Å². The lowest BCUT2D eigenvalue weighted by molar-refractivity contribution is 0.0520. The van der Waals surface area contributed by atoms with E-state index in [9.17, 15) is 4.79 Å². The number of ether oxygens (including phenoxy) is 2. The van der Waals surface area contributed by atoms with Crippen molar-refractivity contribution in [3.8, 4) is 5.75 Å². The molecule has 21 heavy (non-hydrogen) atoms. The number of alkyl carbamates (subject to hydrolysis) is 1. The smallest absolute Gasteiger partial charge is 0.407 e. The van der Waals surface area contributed by atoms with Crippen LogP contribution < -0.4 is 15.4 Å². The molecule has 1 aliphatic carbocycles. The second-order valence-electron chi connectivity index (χ2n) is 6.22. The van der Waals surface area contributed by atoms with Crippen molar-refractivity contribution in [3.05, 3.63) is 24.3 Å². The zero-order valence-corrected chi connectivity index (χ0v) is 12.9. The fraction of sp³-hybridized carbons (Fsp3) is 0.562. The number of hydrogen-bond donors (Lipinski definition) is 2. The molecule has 0 spiro atoms. The number of hydrogen-bond acceptors (Lipinski definition) is 4. The lowest BCUT2D eigenvalue weighted by Crippen LogP contribution is -2.34. The molecule has 116 valence electrons. The Morgan fingerprint density at radius 3 is 2.48 bits per heavy atom. The number of carbonyl (C=O) groups excluding carboxylic acids is 1. The van der Waals surface area contributed by atoms with Gasteiger partial charge in [-0.3, -0.25) is 0 Å². The Morgan fingerprint density at radius 2 is 1.90 bits per heavy atom. The highest BCUT2D eigenvalue weighted by molar-refractivity contribution is 5.67. The van der Waals surface area contributed by atoms with Crippen molar-refractivity contribution in [1.29, 1.82) is 0 Å². The van der Waals surface area contributed by atoms with Gasteiger partial charge in [0.1, 0.15) is 18.0 Å². The van der Waals surface area contributed by atoms with Crippen LogP contribution >= 0.6 is 0 Å². The first-order valence-corrected chi connectivity index (χ1v) is 7.39. The van der Waals surface area contributed by atoms with E-state index in [-0.39, 0.29) is 0 Å². The van der Waals surface area contributed by atoms with Gasteiger partial charge in [-0.15, -0.1) is 0 Å². The van der Waals surface area contributed by atoms with E-state index >= 15 is 0 Å². The second kappa shape index (κ2) is 6.70. The van der Waals surface area contributed by atoms with Gasteiger partial charge in [0, 0.05) is 11.7 Å². The van der Waals surface area contributed by atoms with Crippen molar-refractivity contribution in [3.63, 3.8) is 0 Å². The van der Waals surface area contributed by atoms with E-state index in [2.05, 4.69) is 10.6 Å². The molecule has 1 saturated carbocycles. The summed E-state index contributed by atoms with van der Waals surface area (Å²) in [4.78, 5) is 11.4. The van der Waals surface area contributed by atoms with Gasteiger partial charge in [-0.1, -0.05) is 0 Å². The number of amides is 1. The van der Waals surface area contributed by atoms with Crippen molar-refractivity contribution in [1.82, 2.24) is 5.32 Å². The lowest BCUT2D eigenvalue weighted by Gasteiger charge is -2.19. The molecular formula is C16H24N2O3. The number of nitrogens with one attached hydrogen (secondary N) is 2. The fourth-order valence-corrected chi connectivity index (χ4v) is 1.75. The van der Waals surface area contributed by atoms with Gasteiger partial charge in [0.2, 0.25) is 0 Å². The maximum Gasteiger partial charge on any atom is 0.407 e. The Labute approximate surface area is 126 Å². The van der Waals surface area contributed by atoms with Crippen molar-refractivity contribution >= 4 is 11.8 Å². The van der Waals surface area contributed by atoms with Gasteiger partial charge in [-0.05, 0) is 57.9 Å². The van der Waals surface area contributed by atoms with Crippen LogP contribution in [0.4, 0.5) is 10.5 Å². The molecule has 0 heterocycles. The van der Waals surface area contributed by atoms with E-state index < -0.39 is 11.7 Å². The third-order valence-electron chi connectivity index (χ3n) is 2.84. The summed E-state index contributed by atoms with van der Waals surface area (Å²) in [6.45, 7) is 6.33. The summed E-state index contributed by atoms with van der Waals surface area (Å²) in [5.41, 5.74) is 0.645. The number of anilines is 1. The molecule has 5 heteroatoms. The van der Waals surface area contributed by atoms with E-state index in [0.717, 1.165) is 11.4 Å². The van der Waals surface area contributed by atoms with Gasteiger partial charge in [-0.2, -0.15) is 0 Å². The number of rotatable bonds is 6. The average Bonchev–Trinajstić information content (AvgIpc) is 3.18. The van der Waals surface area contributed by atoms with E-state index in [0.29, 0.717) is 19.2 Å².